The van der Waals surface area contributed by atoms with Crippen molar-refractivity contribution in [2.75, 3.05) is 5.32 Å². The fourth-order valence-corrected chi connectivity index (χ4v) is 3.15. The number of aromatic amines is 1. The number of hydrogen-bond donors (Lipinski definition) is 3. The number of aromatic nitrogens is 3. The Kier molecular flexibility index (Phi) is 4.21. The number of rotatable bonds is 4. The lowest BCUT2D eigenvalue weighted by Gasteiger charge is -2.11. The molecule has 0 radical (unpaired) electrons. The first-order chi connectivity index (χ1) is 12.2. The van der Waals surface area contributed by atoms with Gasteiger partial charge in [0.1, 0.15) is 5.82 Å². The summed E-state index contributed by atoms with van der Waals surface area (Å²) in [6.45, 7) is 0. The van der Waals surface area contributed by atoms with Gasteiger partial charge in [0.25, 0.3) is 0 Å². The van der Waals surface area contributed by atoms with Gasteiger partial charge in [-0.15, -0.1) is 0 Å². The Morgan fingerprint density at radius 2 is 1.72 bits per heavy atom. The van der Waals surface area contributed by atoms with Gasteiger partial charge in [0.2, 0.25) is 0 Å². The molecule has 2 aliphatic carbocycles. The third kappa shape index (κ3) is 3.70. The topological polar surface area (TPSA) is 99.8 Å². The van der Waals surface area contributed by atoms with Crippen LogP contribution in [0.15, 0.2) is 24.3 Å². The third-order valence-corrected chi connectivity index (χ3v) is 4.76. The molecule has 2 saturated carbocycles. The van der Waals surface area contributed by atoms with Crippen molar-refractivity contribution in [2.45, 2.75) is 50.5 Å². The highest BCUT2D eigenvalue weighted by Gasteiger charge is 2.27. The van der Waals surface area contributed by atoms with Gasteiger partial charge in [0.05, 0.1) is 0 Å². The average Bonchev–Trinajstić information content (AvgIpc) is 3.13. The minimum absolute atomic E-state index is 0.132. The molecule has 2 fully saturated rings. The number of anilines is 1. The summed E-state index contributed by atoms with van der Waals surface area (Å²) in [5, 5.41) is 12.6. The molecule has 7 nitrogen and oxygen atoms in total. The Hall–Kier alpha value is -2.70. The predicted molar refractivity (Wildman–Crippen MR) is 92.8 cm³/mol. The van der Waals surface area contributed by atoms with Crippen molar-refractivity contribution in [1.29, 1.82) is 0 Å². The first-order valence-electron chi connectivity index (χ1n) is 8.83. The Balaban J connectivity index is 1.36. The lowest BCUT2D eigenvalue weighted by molar-refractivity contribution is -0.136. The van der Waals surface area contributed by atoms with Crippen molar-refractivity contribution < 1.29 is 9.59 Å². The van der Waals surface area contributed by atoms with E-state index < -0.39 is 11.8 Å². The van der Waals surface area contributed by atoms with Crippen LogP contribution in [0.4, 0.5) is 5.69 Å². The van der Waals surface area contributed by atoms with Gasteiger partial charge in [0, 0.05) is 23.2 Å². The van der Waals surface area contributed by atoms with E-state index in [2.05, 4.69) is 25.8 Å². The van der Waals surface area contributed by atoms with E-state index >= 15 is 0 Å². The molecule has 130 valence electrons. The SMILES string of the molecule is O=C(Nc1ccc(-c2n[nH]c(C3CC3)n2)cc1)C(=O)NC1CCCC1. The lowest BCUT2D eigenvalue weighted by atomic mass is 10.2. The van der Waals surface area contributed by atoms with Crippen molar-refractivity contribution in [3.8, 4) is 11.4 Å². The lowest BCUT2D eigenvalue weighted by Crippen LogP contribution is -2.40. The van der Waals surface area contributed by atoms with Crippen molar-refractivity contribution in [2.24, 2.45) is 0 Å². The third-order valence-electron chi connectivity index (χ3n) is 4.76. The number of hydrogen-bond acceptors (Lipinski definition) is 4. The molecule has 2 amide bonds. The largest absolute Gasteiger partial charge is 0.345 e. The van der Waals surface area contributed by atoms with Gasteiger partial charge < -0.3 is 10.6 Å². The van der Waals surface area contributed by atoms with E-state index in [0.717, 1.165) is 37.1 Å². The molecule has 3 N–H and O–H groups in total. The molecule has 0 spiro atoms. The van der Waals surface area contributed by atoms with Gasteiger partial charge in [-0.05, 0) is 49.9 Å². The number of carbonyl (C=O) groups is 2. The Morgan fingerprint density at radius 1 is 1.00 bits per heavy atom. The van der Waals surface area contributed by atoms with Crippen LogP contribution < -0.4 is 10.6 Å². The predicted octanol–water partition coefficient (Wildman–Crippen LogP) is 2.35. The zero-order chi connectivity index (χ0) is 17.2. The highest BCUT2D eigenvalue weighted by molar-refractivity contribution is 6.39. The molecule has 0 atom stereocenters. The van der Waals surface area contributed by atoms with Crippen LogP contribution in [0, 0.1) is 0 Å². The molecule has 25 heavy (non-hydrogen) atoms. The van der Waals surface area contributed by atoms with Crippen LogP contribution in [0.25, 0.3) is 11.4 Å². The molecule has 0 saturated heterocycles. The van der Waals surface area contributed by atoms with Crippen molar-refractivity contribution in [1.82, 2.24) is 20.5 Å². The van der Waals surface area contributed by atoms with Gasteiger partial charge in [-0.1, -0.05) is 12.8 Å². The maximum Gasteiger partial charge on any atom is 0.313 e. The summed E-state index contributed by atoms with van der Waals surface area (Å²) in [5.74, 6) is 0.917. The fourth-order valence-electron chi connectivity index (χ4n) is 3.15. The molecule has 0 unspecified atom stereocenters. The zero-order valence-electron chi connectivity index (χ0n) is 13.9. The van der Waals surface area contributed by atoms with Crippen molar-refractivity contribution >= 4 is 17.5 Å². The summed E-state index contributed by atoms with van der Waals surface area (Å²) in [6, 6.07) is 7.31. The van der Waals surface area contributed by atoms with Crippen LogP contribution in [0.3, 0.4) is 0 Å². The van der Waals surface area contributed by atoms with Gasteiger partial charge in [-0.2, -0.15) is 5.10 Å². The second-order valence-electron chi connectivity index (χ2n) is 6.80. The van der Waals surface area contributed by atoms with Crippen LogP contribution >= 0.6 is 0 Å². The van der Waals surface area contributed by atoms with Crippen LogP contribution in [0.1, 0.15) is 50.3 Å². The summed E-state index contributed by atoms with van der Waals surface area (Å²) in [7, 11) is 0. The van der Waals surface area contributed by atoms with Gasteiger partial charge in [0.15, 0.2) is 5.82 Å². The average molecular weight is 339 g/mol. The molecule has 1 aromatic carbocycles. The Morgan fingerprint density at radius 3 is 2.40 bits per heavy atom. The normalized spacial score (nSPS) is 17.4. The smallest absolute Gasteiger partial charge is 0.313 e. The molecule has 1 aromatic heterocycles. The van der Waals surface area contributed by atoms with E-state index in [1.165, 1.54) is 12.8 Å². The van der Waals surface area contributed by atoms with E-state index in [9.17, 15) is 9.59 Å². The van der Waals surface area contributed by atoms with E-state index in [0.29, 0.717) is 17.4 Å². The second kappa shape index (κ2) is 6.66. The van der Waals surface area contributed by atoms with Crippen LogP contribution in [-0.2, 0) is 9.59 Å². The van der Waals surface area contributed by atoms with Crippen molar-refractivity contribution in [3.63, 3.8) is 0 Å². The number of benzene rings is 1. The Bertz CT molecular complexity index is 773. The summed E-state index contributed by atoms with van der Waals surface area (Å²) in [5.41, 5.74) is 1.45. The fraction of sp³-hybridized carbons (Fsp3) is 0.444. The van der Waals surface area contributed by atoms with E-state index in [1.807, 2.05) is 12.1 Å². The summed E-state index contributed by atoms with van der Waals surface area (Å²) in [6.07, 6.45) is 6.46. The van der Waals surface area contributed by atoms with Crippen LogP contribution in [-0.4, -0.2) is 33.0 Å². The minimum Gasteiger partial charge on any atom is -0.345 e. The number of amides is 2. The first-order valence-corrected chi connectivity index (χ1v) is 8.83. The molecule has 0 bridgehead atoms. The molecule has 1 heterocycles. The minimum atomic E-state index is -0.631. The highest BCUT2D eigenvalue weighted by Crippen LogP contribution is 2.38. The van der Waals surface area contributed by atoms with E-state index in [4.69, 9.17) is 0 Å². The van der Waals surface area contributed by atoms with Gasteiger partial charge in [-0.3, -0.25) is 14.7 Å². The number of H-pyrrole nitrogens is 1. The van der Waals surface area contributed by atoms with E-state index in [-0.39, 0.29) is 6.04 Å². The summed E-state index contributed by atoms with van der Waals surface area (Å²) in [4.78, 5) is 28.4. The maximum absolute atomic E-state index is 12.0. The first kappa shape index (κ1) is 15.8. The molecule has 2 aromatic rings. The molecular weight excluding hydrogens is 318 g/mol. The van der Waals surface area contributed by atoms with E-state index in [1.54, 1.807) is 12.1 Å². The quantitative estimate of drug-likeness (QED) is 0.744. The molecule has 0 aliphatic heterocycles. The molecular formula is C18H21N5O2. The number of nitrogens with one attached hydrogen (secondary N) is 3. The summed E-state index contributed by atoms with van der Waals surface area (Å²) < 4.78 is 0. The van der Waals surface area contributed by atoms with Crippen LogP contribution in [0.5, 0.6) is 0 Å². The Labute approximate surface area is 145 Å². The molecule has 4 rings (SSSR count). The molecule has 7 heteroatoms. The summed E-state index contributed by atoms with van der Waals surface area (Å²) >= 11 is 0. The van der Waals surface area contributed by atoms with Crippen molar-refractivity contribution in [3.05, 3.63) is 30.1 Å². The highest BCUT2D eigenvalue weighted by atomic mass is 16.2. The monoisotopic (exact) mass is 339 g/mol. The second-order valence-corrected chi connectivity index (χ2v) is 6.80. The number of nitrogens with zero attached hydrogens (tertiary/aromatic N) is 2. The van der Waals surface area contributed by atoms with Gasteiger partial charge in [-0.25, -0.2) is 4.98 Å². The zero-order valence-corrected chi connectivity index (χ0v) is 13.9. The standard InChI is InChI=1S/C18H21N5O2/c24-17(19-13-3-1-2-4-13)18(25)20-14-9-7-12(8-10-14)16-21-15(22-23-16)11-5-6-11/h7-11,13H,1-6H2,(H,19,24)(H,20,25)(H,21,22,23). The number of carbonyl (C=O) groups excluding carboxylic acids is 2. The molecule has 2 aliphatic rings. The van der Waals surface area contributed by atoms with Gasteiger partial charge >= 0.3 is 11.8 Å². The maximum atomic E-state index is 12.0. The van der Waals surface area contributed by atoms with Crippen LogP contribution in [0.2, 0.25) is 0 Å².